The lowest BCUT2D eigenvalue weighted by Gasteiger charge is -2.26. The van der Waals surface area contributed by atoms with Gasteiger partial charge in [0.15, 0.2) is 0 Å². The van der Waals surface area contributed by atoms with Gasteiger partial charge in [0.05, 0.1) is 11.8 Å². The second-order valence-corrected chi connectivity index (χ2v) is 7.40. The van der Waals surface area contributed by atoms with Gasteiger partial charge in [0.2, 0.25) is 0 Å². The zero-order valence-corrected chi connectivity index (χ0v) is 17.6. The molecule has 1 aromatic carbocycles. The van der Waals surface area contributed by atoms with Gasteiger partial charge in [-0.25, -0.2) is 0 Å². The van der Waals surface area contributed by atoms with Gasteiger partial charge in [0, 0.05) is 37.6 Å². The molecule has 1 atom stereocenters. The summed E-state index contributed by atoms with van der Waals surface area (Å²) in [6, 6.07) is 6.99. The molecule has 4 heteroatoms. The fourth-order valence-electron chi connectivity index (χ4n) is 3.36. The van der Waals surface area contributed by atoms with Crippen molar-refractivity contribution in [1.82, 2.24) is 14.7 Å². The minimum absolute atomic E-state index is 0.567. The Bertz CT molecular complexity index is 784. The summed E-state index contributed by atoms with van der Waals surface area (Å²) in [5.74, 6) is 2.61. The van der Waals surface area contributed by atoms with Gasteiger partial charge in [0.25, 0.3) is 0 Å². The van der Waals surface area contributed by atoms with E-state index in [1.165, 1.54) is 29.7 Å². The van der Waals surface area contributed by atoms with Crippen LogP contribution in [0.3, 0.4) is 0 Å². The fraction of sp³-hybridized carbons (Fsp3) is 0.458. The number of benzene rings is 1. The largest absolute Gasteiger partial charge is 0.385 e. The molecule has 1 N–H and O–H groups in total. The molecule has 2 rings (SSSR count). The van der Waals surface area contributed by atoms with Crippen molar-refractivity contribution < 1.29 is 0 Å². The van der Waals surface area contributed by atoms with Crippen molar-refractivity contribution in [2.75, 3.05) is 18.9 Å². The van der Waals surface area contributed by atoms with E-state index in [1.807, 2.05) is 17.0 Å². The highest BCUT2D eigenvalue weighted by molar-refractivity contribution is 5.63. The summed E-state index contributed by atoms with van der Waals surface area (Å²) in [6.07, 6.45) is 15.6. The van der Waals surface area contributed by atoms with Crippen LogP contribution in [0, 0.1) is 12.3 Å². The van der Waals surface area contributed by atoms with Crippen LogP contribution in [0.4, 0.5) is 5.69 Å². The number of unbranched alkanes of at least 4 members (excludes halogenated alkanes) is 1. The van der Waals surface area contributed by atoms with E-state index in [1.54, 1.807) is 6.20 Å². The lowest BCUT2D eigenvalue weighted by molar-refractivity contribution is 0.237. The number of hydrogen-bond donors (Lipinski definition) is 1. The minimum atomic E-state index is 0.567. The average Bonchev–Trinajstić information content (AvgIpc) is 3.16. The van der Waals surface area contributed by atoms with E-state index in [4.69, 9.17) is 6.42 Å². The Morgan fingerprint density at radius 1 is 1.39 bits per heavy atom. The monoisotopic (exact) mass is 378 g/mol. The summed E-state index contributed by atoms with van der Waals surface area (Å²) in [4.78, 5) is 2.43. The second kappa shape index (κ2) is 11.4. The summed E-state index contributed by atoms with van der Waals surface area (Å²) in [6.45, 7) is 11.3. The summed E-state index contributed by atoms with van der Waals surface area (Å²) >= 11 is 0. The Hall–Kier alpha value is -2.51. The quantitative estimate of drug-likeness (QED) is 0.416. The number of aromatic nitrogens is 2. The molecule has 1 aromatic heterocycles. The highest BCUT2D eigenvalue weighted by atomic mass is 15.3. The first-order valence-corrected chi connectivity index (χ1v) is 10.3. The average molecular weight is 379 g/mol. The molecule has 0 bridgehead atoms. The normalized spacial score (nSPS) is 12.0. The molecule has 28 heavy (non-hydrogen) atoms. The van der Waals surface area contributed by atoms with Crippen LogP contribution in [0.15, 0.2) is 37.2 Å². The van der Waals surface area contributed by atoms with Crippen LogP contribution in [-0.2, 0) is 13.1 Å². The zero-order chi connectivity index (χ0) is 20.4. The van der Waals surface area contributed by atoms with Crippen LogP contribution in [0.5, 0.6) is 0 Å². The van der Waals surface area contributed by atoms with Gasteiger partial charge in [-0.15, -0.1) is 6.42 Å². The van der Waals surface area contributed by atoms with E-state index in [9.17, 15) is 0 Å². The standard InChI is InChI=1S/C24H34N4/c1-6-12-20(4)27(5)19-23-22(8-3)13-11-14-24(23)25-15-9-10-16-28-18-21(7-2)17-26-28/h2,8,11,13-14,17-18,20,25H,3,6,9-10,12,15-16,19H2,1,4-5H3. The maximum Gasteiger partial charge on any atom is 0.0646 e. The SMILES string of the molecule is C#Cc1cnn(CCCCNc2cccc(C=C)c2CN(C)C(C)CCC)c1. The molecule has 0 amide bonds. The van der Waals surface area contributed by atoms with Gasteiger partial charge in [-0.3, -0.25) is 9.58 Å². The lowest BCUT2D eigenvalue weighted by Crippen LogP contribution is -2.29. The molecule has 0 saturated heterocycles. The lowest BCUT2D eigenvalue weighted by atomic mass is 10.0. The van der Waals surface area contributed by atoms with Gasteiger partial charge >= 0.3 is 0 Å². The van der Waals surface area contributed by atoms with Gasteiger partial charge in [-0.05, 0) is 50.4 Å². The molecule has 0 aliphatic carbocycles. The van der Waals surface area contributed by atoms with Crippen molar-refractivity contribution >= 4 is 11.8 Å². The smallest absolute Gasteiger partial charge is 0.0646 e. The molecule has 0 saturated carbocycles. The van der Waals surface area contributed by atoms with Crippen molar-refractivity contribution in [2.45, 2.75) is 58.7 Å². The molecule has 0 aliphatic rings. The predicted molar refractivity (Wildman–Crippen MR) is 120 cm³/mol. The number of anilines is 1. The third kappa shape index (κ3) is 6.28. The molecule has 0 fully saturated rings. The second-order valence-electron chi connectivity index (χ2n) is 7.40. The van der Waals surface area contributed by atoms with E-state index in [0.29, 0.717) is 6.04 Å². The first-order chi connectivity index (χ1) is 13.6. The van der Waals surface area contributed by atoms with Crippen LogP contribution in [0.25, 0.3) is 6.08 Å². The number of rotatable bonds is 12. The molecular weight excluding hydrogens is 344 g/mol. The molecule has 1 heterocycles. The molecule has 4 nitrogen and oxygen atoms in total. The molecule has 1 unspecified atom stereocenters. The molecule has 0 spiro atoms. The van der Waals surface area contributed by atoms with Crippen molar-refractivity contribution in [3.63, 3.8) is 0 Å². The van der Waals surface area contributed by atoms with Crippen LogP contribution in [0.2, 0.25) is 0 Å². The van der Waals surface area contributed by atoms with Crippen LogP contribution >= 0.6 is 0 Å². The van der Waals surface area contributed by atoms with Crippen molar-refractivity contribution in [3.8, 4) is 12.3 Å². The van der Waals surface area contributed by atoms with Gasteiger partial charge in [-0.2, -0.15) is 5.10 Å². The fourth-order valence-corrected chi connectivity index (χ4v) is 3.36. The Balaban J connectivity index is 1.91. The maximum absolute atomic E-state index is 5.39. The van der Waals surface area contributed by atoms with Crippen LogP contribution < -0.4 is 5.32 Å². The maximum atomic E-state index is 5.39. The van der Waals surface area contributed by atoms with E-state index in [0.717, 1.165) is 38.0 Å². The van der Waals surface area contributed by atoms with Gasteiger partial charge in [-0.1, -0.05) is 44.1 Å². The summed E-state index contributed by atoms with van der Waals surface area (Å²) in [5, 5.41) is 7.91. The van der Waals surface area contributed by atoms with E-state index < -0.39 is 0 Å². The number of terminal acetylenes is 1. The van der Waals surface area contributed by atoms with Gasteiger partial charge < -0.3 is 5.32 Å². The number of nitrogens with one attached hydrogen (secondary N) is 1. The molecule has 0 radical (unpaired) electrons. The Morgan fingerprint density at radius 3 is 2.89 bits per heavy atom. The number of nitrogens with zero attached hydrogens (tertiary/aromatic N) is 3. The summed E-state index contributed by atoms with van der Waals surface area (Å²) in [7, 11) is 2.21. The summed E-state index contributed by atoms with van der Waals surface area (Å²) in [5.41, 5.74) is 4.58. The first kappa shape index (κ1) is 21.8. The number of hydrogen-bond acceptors (Lipinski definition) is 3. The highest BCUT2D eigenvalue weighted by Crippen LogP contribution is 2.24. The molecule has 0 aliphatic heterocycles. The Kier molecular flexibility index (Phi) is 8.84. The molecule has 2 aromatic rings. The van der Waals surface area contributed by atoms with E-state index in [2.05, 4.69) is 66.9 Å². The molecule has 150 valence electrons. The minimum Gasteiger partial charge on any atom is -0.385 e. The third-order valence-electron chi connectivity index (χ3n) is 5.23. The van der Waals surface area contributed by atoms with Crippen molar-refractivity contribution in [2.24, 2.45) is 0 Å². The zero-order valence-electron chi connectivity index (χ0n) is 17.6. The van der Waals surface area contributed by atoms with Gasteiger partial charge in [0.1, 0.15) is 0 Å². The van der Waals surface area contributed by atoms with Crippen LogP contribution in [-0.4, -0.2) is 34.3 Å². The Morgan fingerprint density at radius 2 is 2.21 bits per heavy atom. The van der Waals surface area contributed by atoms with Crippen molar-refractivity contribution in [3.05, 3.63) is 53.9 Å². The topological polar surface area (TPSA) is 33.1 Å². The highest BCUT2D eigenvalue weighted by Gasteiger charge is 2.13. The summed E-state index contributed by atoms with van der Waals surface area (Å²) < 4.78 is 1.92. The Labute approximate surface area is 170 Å². The number of aryl methyl sites for hydroxylation is 1. The van der Waals surface area contributed by atoms with Crippen LogP contribution in [0.1, 0.15) is 56.2 Å². The molecular formula is C24H34N4. The first-order valence-electron chi connectivity index (χ1n) is 10.3. The van der Waals surface area contributed by atoms with Crippen molar-refractivity contribution in [1.29, 1.82) is 0 Å². The predicted octanol–water partition coefficient (Wildman–Crippen LogP) is 5.02. The van der Waals surface area contributed by atoms with E-state index >= 15 is 0 Å². The third-order valence-corrected chi connectivity index (χ3v) is 5.23. The van der Waals surface area contributed by atoms with E-state index in [-0.39, 0.29) is 0 Å².